The minimum atomic E-state index is -1.45. The highest BCUT2D eigenvalue weighted by Gasteiger charge is 2.69. The van der Waals surface area contributed by atoms with E-state index in [2.05, 4.69) is 10.7 Å². The summed E-state index contributed by atoms with van der Waals surface area (Å²) < 4.78 is 0. The zero-order valence-corrected chi connectivity index (χ0v) is 21.4. The van der Waals surface area contributed by atoms with Crippen molar-refractivity contribution in [3.63, 3.8) is 0 Å². The summed E-state index contributed by atoms with van der Waals surface area (Å²) in [6.07, 6.45) is -1.34. The number of fused-ring (bicyclic) bond motifs is 1. The van der Waals surface area contributed by atoms with Crippen LogP contribution in [0.4, 0.5) is 0 Å². The fourth-order valence-corrected chi connectivity index (χ4v) is 5.04. The van der Waals surface area contributed by atoms with E-state index in [1.165, 1.54) is 6.92 Å². The van der Waals surface area contributed by atoms with Gasteiger partial charge in [-0.15, -0.1) is 0 Å². The van der Waals surface area contributed by atoms with Crippen LogP contribution in [0.1, 0.15) is 48.0 Å². The molecule has 1 saturated carbocycles. The lowest BCUT2D eigenvalue weighted by molar-refractivity contribution is -0.148. The summed E-state index contributed by atoms with van der Waals surface area (Å²) in [5.74, 6) is -2.19. The summed E-state index contributed by atoms with van der Waals surface area (Å²) in [6, 6.07) is -1.42. The van der Waals surface area contributed by atoms with Gasteiger partial charge in [-0.2, -0.15) is 0 Å². The Morgan fingerprint density at radius 2 is 1.82 bits per heavy atom. The molecule has 5 atom stereocenters. The number of nitrogens with one attached hydrogen (secondary N) is 2. The van der Waals surface area contributed by atoms with Crippen LogP contribution in [0.25, 0.3) is 0 Å². The molecule has 1 saturated heterocycles. The maximum absolute atomic E-state index is 13.4. The molecule has 1 aliphatic carbocycles. The summed E-state index contributed by atoms with van der Waals surface area (Å²) in [5, 5.41) is 15.0. The van der Waals surface area contributed by atoms with Gasteiger partial charge in [0, 0.05) is 19.9 Å². The molecule has 4 amide bonds. The molecular formula is C21H35Cl2N5O5. The lowest BCUT2D eigenvalue weighted by Gasteiger charge is -2.42. The van der Waals surface area contributed by atoms with Gasteiger partial charge in [-0.3, -0.25) is 34.5 Å². The van der Waals surface area contributed by atoms with E-state index in [0.29, 0.717) is 6.54 Å². The van der Waals surface area contributed by atoms with Crippen LogP contribution in [-0.2, 0) is 19.2 Å². The predicted molar refractivity (Wildman–Crippen MR) is 123 cm³/mol. The van der Waals surface area contributed by atoms with E-state index in [0.717, 1.165) is 5.01 Å². The summed E-state index contributed by atoms with van der Waals surface area (Å²) in [7, 11) is 0. The quantitative estimate of drug-likeness (QED) is 0.275. The number of amides is 4. The topological polar surface area (TPSA) is 145 Å². The first-order chi connectivity index (χ1) is 15.0. The van der Waals surface area contributed by atoms with E-state index in [4.69, 9.17) is 28.9 Å². The highest BCUT2D eigenvalue weighted by molar-refractivity contribution is 6.53. The van der Waals surface area contributed by atoms with Crippen molar-refractivity contribution in [2.24, 2.45) is 28.4 Å². The number of aliphatic hydroxyl groups is 1. The van der Waals surface area contributed by atoms with E-state index in [1.54, 1.807) is 4.90 Å². The summed E-state index contributed by atoms with van der Waals surface area (Å²) in [4.78, 5) is 49.0. The number of carbonyl (C=O) groups is 4. The fraction of sp³-hybridized carbons (Fsp3) is 0.810. The van der Waals surface area contributed by atoms with Crippen molar-refractivity contribution in [2.45, 2.75) is 71.1 Å². The smallest absolute Gasteiger partial charge is 0.274 e. The highest BCUT2D eigenvalue weighted by atomic mass is 35.5. The number of hydrazine groups is 1. The van der Waals surface area contributed by atoms with Crippen LogP contribution >= 0.6 is 23.2 Å². The van der Waals surface area contributed by atoms with Crippen LogP contribution in [0.5, 0.6) is 0 Å². The standard InChI is InChI=1S/C21H35Cl2N5O5/c1-10(29)25-15(20(2,3)4)18(32)27-9-11-13(21(11,5)6)14(27)17(31)26-28(8-7-12(24)30)19(33)16(22)23/h11,13-16,18,32H,7-9H2,1-6H3,(H2,24,30)(H,25,29)(H,26,31)/t11-,13-,14-,15+,18?/m0/s1. The average Bonchev–Trinajstić information content (AvgIpc) is 3.02. The molecule has 0 aromatic heterocycles. The lowest BCUT2D eigenvalue weighted by Crippen LogP contribution is -2.63. The molecule has 188 valence electrons. The van der Waals surface area contributed by atoms with Crippen molar-refractivity contribution < 1.29 is 24.3 Å². The Labute approximate surface area is 204 Å². The first kappa shape index (κ1) is 27.6. The van der Waals surface area contributed by atoms with Crippen LogP contribution in [-0.4, -0.2) is 74.9 Å². The average molecular weight is 508 g/mol. The molecule has 0 aromatic rings. The number of primary amides is 1. The third-order valence-electron chi connectivity index (χ3n) is 6.72. The van der Waals surface area contributed by atoms with E-state index >= 15 is 0 Å². The van der Waals surface area contributed by atoms with Crippen molar-refractivity contribution in [1.82, 2.24) is 20.7 Å². The van der Waals surface area contributed by atoms with Gasteiger partial charge < -0.3 is 16.2 Å². The van der Waals surface area contributed by atoms with Crippen molar-refractivity contribution in [3.8, 4) is 0 Å². The monoisotopic (exact) mass is 507 g/mol. The number of aliphatic hydroxyl groups excluding tert-OH is 1. The van der Waals surface area contributed by atoms with Gasteiger partial charge in [-0.05, 0) is 22.7 Å². The number of hydrogen-bond acceptors (Lipinski definition) is 6. The Hall–Kier alpha value is -1.62. The van der Waals surface area contributed by atoms with Gasteiger partial charge in [0.15, 0.2) is 4.84 Å². The number of nitrogens with zero attached hydrogens (tertiary/aromatic N) is 2. The van der Waals surface area contributed by atoms with Crippen LogP contribution in [0.15, 0.2) is 0 Å². The minimum Gasteiger partial charge on any atom is -0.376 e. The molecule has 1 unspecified atom stereocenters. The molecule has 0 aromatic carbocycles. The molecule has 0 bridgehead atoms. The number of carbonyl (C=O) groups excluding carboxylic acids is 4. The molecule has 2 fully saturated rings. The molecule has 0 radical (unpaired) electrons. The summed E-state index contributed by atoms with van der Waals surface area (Å²) in [6.45, 7) is 11.4. The van der Waals surface area contributed by atoms with Crippen LogP contribution in [0, 0.1) is 22.7 Å². The number of alkyl halides is 2. The zero-order chi connectivity index (χ0) is 25.5. The summed E-state index contributed by atoms with van der Waals surface area (Å²) >= 11 is 11.4. The molecule has 1 heterocycles. The van der Waals surface area contributed by atoms with E-state index < -0.39 is 46.3 Å². The van der Waals surface area contributed by atoms with Gasteiger partial charge in [-0.25, -0.2) is 0 Å². The number of nitrogens with two attached hydrogens (primary N) is 1. The molecule has 12 heteroatoms. The third kappa shape index (κ3) is 6.09. The molecule has 2 rings (SSSR count). The molecule has 33 heavy (non-hydrogen) atoms. The van der Waals surface area contributed by atoms with E-state index in [9.17, 15) is 24.3 Å². The van der Waals surface area contributed by atoms with Crippen LogP contribution < -0.4 is 16.5 Å². The van der Waals surface area contributed by atoms with Crippen LogP contribution in [0.2, 0.25) is 0 Å². The van der Waals surface area contributed by atoms with Gasteiger partial charge in [0.1, 0.15) is 6.23 Å². The SMILES string of the molecule is CC(=O)N[C@H](C(O)N1C[C@H]2[C@@H]([C@H]1C(=O)NN(CCC(N)=O)C(=O)C(Cl)Cl)C2(C)C)C(C)(C)C. The number of halogens is 2. The Bertz CT molecular complexity index is 800. The maximum Gasteiger partial charge on any atom is 0.274 e. The minimum absolute atomic E-state index is 0.0685. The molecular weight excluding hydrogens is 473 g/mol. The molecule has 2 aliphatic rings. The van der Waals surface area contributed by atoms with E-state index in [1.807, 2.05) is 34.6 Å². The predicted octanol–water partition coefficient (Wildman–Crippen LogP) is 0.351. The maximum atomic E-state index is 13.4. The van der Waals surface area contributed by atoms with Crippen molar-refractivity contribution >= 4 is 46.8 Å². The largest absolute Gasteiger partial charge is 0.376 e. The normalized spacial score (nSPS) is 25.7. The number of hydrogen-bond donors (Lipinski definition) is 4. The Kier molecular flexibility index (Phi) is 8.32. The van der Waals surface area contributed by atoms with Gasteiger partial charge >= 0.3 is 0 Å². The highest BCUT2D eigenvalue weighted by Crippen LogP contribution is 2.65. The van der Waals surface area contributed by atoms with Crippen molar-refractivity contribution in [1.29, 1.82) is 0 Å². The number of likely N-dealkylation sites (tertiary alicyclic amines) is 1. The lowest BCUT2D eigenvalue weighted by atomic mass is 9.84. The van der Waals surface area contributed by atoms with Crippen LogP contribution in [0.3, 0.4) is 0 Å². The second-order valence-electron chi connectivity index (χ2n) is 10.5. The fourth-order valence-electron chi connectivity index (χ4n) is 4.80. The van der Waals surface area contributed by atoms with Crippen molar-refractivity contribution in [2.75, 3.05) is 13.1 Å². The van der Waals surface area contributed by atoms with Gasteiger partial charge in [0.05, 0.1) is 18.6 Å². The van der Waals surface area contributed by atoms with Gasteiger partial charge in [0.25, 0.3) is 11.8 Å². The first-order valence-electron chi connectivity index (χ1n) is 10.9. The summed E-state index contributed by atoms with van der Waals surface area (Å²) in [5.41, 5.74) is 7.07. The number of piperidine rings is 1. The molecule has 1 aliphatic heterocycles. The Balaban J connectivity index is 2.30. The van der Waals surface area contributed by atoms with E-state index in [-0.39, 0.29) is 36.1 Å². The zero-order valence-electron chi connectivity index (χ0n) is 19.9. The Morgan fingerprint density at radius 3 is 2.27 bits per heavy atom. The van der Waals surface area contributed by atoms with Gasteiger partial charge in [0.2, 0.25) is 11.8 Å². The first-order valence-corrected chi connectivity index (χ1v) is 11.8. The Morgan fingerprint density at radius 1 is 1.24 bits per heavy atom. The number of rotatable bonds is 8. The molecule has 0 spiro atoms. The second-order valence-corrected chi connectivity index (χ2v) is 11.6. The second kappa shape index (κ2) is 9.93. The van der Waals surface area contributed by atoms with Crippen molar-refractivity contribution in [3.05, 3.63) is 0 Å². The molecule has 5 N–H and O–H groups in total. The van der Waals surface area contributed by atoms with Gasteiger partial charge in [-0.1, -0.05) is 57.8 Å². The molecule has 10 nitrogen and oxygen atoms in total. The third-order valence-corrected chi connectivity index (χ3v) is 7.10.